The van der Waals surface area contributed by atoms with Crippen molar-refractivity contribution in [2.45, 2.75) is 88.2 Å². The van der Waals surface area contributed by atoms with Gasteiger partial charge in [-0.15, -0.1) is 12.1 Å². The third-order valence-electron chi connectivity index (χ3n) is 3.47. The van der Waals surface area contributed by atoms with Crippen LogP contribution < -0.4 is 0 Å². The Bertz CT molecular complexity index is 502. The molecule has 1 unspecified atom stereocenters. The third kappa shape index (κ3) is 14.0. The first-order valence-electron chi connectivity index (χ1n) is 9.61. The molecule has 0 aromatic rings. The van der Waals surface area contributed by atoms with E-state index >= 15 is 0 Å². The minimum absolute atomic E-state index is 0. The van der Waals surface area contributed by atoms with Crippen molar-refractivity contribution < 1.29 is 70.8 Å². The summed E-state index contributed by atoms with van der Waals surface area (Å²) in [5, 5.41) is 55.5. The molecule has 0 aliphatic carbocycles. The largest absolute Gasteiger partial charge is 2.00 e. The fourth-order valence-electron chi connectivity index (χ4n) is 2.03. The van der Waals surface area contributed by atoms with E-state index in [0.29, 0.717) is 0 Å². The Morgan fingerprint density at radius 1 is 1.00 bits per heavy atom. The second-order valence-electron chi connectivity index (χ2n) is 7.39. The van der Waals surface area contributed by atoms with Gasteiger partial charge in [0.2, 0.25) is 4.87 Å². The molecule has 0 spiro atoms. The fraction of sp³-hybridized carbons (Fsp3) is 0.889. The van der Waals surface area contributed by atoms with Gasteiger partial charge in [-0.2, -0.15) is 0 Å². The Balaban J connectivity index is -0.000000803. The van der Waals surface area contributed by atoms with Gasteiger partial charge < -0.3 is 51.6 Å². The molecule has 0 aromatic heterocycles. The monoisotopic (exact) mass is 669 g/mol. The van der Waals surface area contributed by atoms with Gasteiger partial charge in [0, 0.05) is 6.61 Å². The van der Waals surface area contributed by atoms with Gasteiger partial charge in [-0.25, -0.2) is 9.59 Å². The zero-order chi connectivity index (χ0) is 24.9. The number of carbonyl (C=O) groups is 2. The van der Waals surface area contributed by atoms with Crippen molar-refractivity contribution in [3.8, 4) is 0 Å². The molecule has 194 valence electrons. The molecular formula is C18H35ClN2O10Pt. The second-order valence-corrected chi connectivity index (χ2v) is 8.04. The predicted molar refractivity (Wildman–Crippen MR) is 112 cm³/mol. The van der Waals surface area contributed by atoms with Crippen LogP contribution >= 0.6 is 11.6 Å². The first-order valence-corrected chi connectivity index (χ1v) is 9.99. The molecule has 1 fully saturated rings. The molecule has 8 N–H and O–H groups in total. The summed E-state index contributed by atoms with van der Waals surface area (Å²) < 4.78 is 10.2. The molecule has 12 nitrogen and oxygen atoms in total. The summed E-state index contributed by atoms with van der Waals surface area (Å²) in [5.74, 6) is -3.42. The molecule has 0 saturated carbocycles. The van der Waals surface area contributed by atoms with Crippen LogP contribution in [-0.2, 0) is 40.1 Å². The molecule has 1 saturated heterocycles. The fourth-order valence-corrected chi connectivity index (χ4v) is 2.16. The quantitative estimate of drug-likeness (QED) is 0.120. The van der Waals surface area contributed by atoms with Gasteiger partial charge in [0.25, 0.3) is 0 Å². The van der Waals surface area contributed by atoms with Crippen molar-refractivity contribution in [1.29, 1.82) is 0 Å². The second kappa shape index (κ2) is 18.0. The number of alkyl halides is 1. The molecule has 32 heavy (non-hydrogen) atoms. The standard InChI is InChI=1S/C12H19ClO10.2C3H8N.Pt/c13-12(10(18)19,11(20)21)2-1-3-22-9-8(17)7(16)6(15)5(4-14)23-9;2*1-3(2)4;/h5-9,14-17H,1-4H2,(H,18,19)(H,20,21);2*3-4H,1-2H3;/q;2*-1;+2/t5-,6-,7+,8+,9?;;;/m1.../s1. The van der Waals surface area contributed by atoms with Crippen molar-refractivity contribution in [1.82, 2.24) is 0 Å². The van der Waals surface area contributed by atoms with Crippen LogP contribution in [0.5, 0.6) is 0 Å². The summed E-state index contributed by atoms with van der Waals surface area (Å²) in [6.45, 7) is 6.49. The van der Waals surface area contributed by atoms with Crippen molar-refractivity contribution in [2.24, 2.45) is 0 Å². The van der Waals surface area contributed by atoms with E-state index < -0.39 is 60.5 Å². The molecule has 5 atom stereocenters. The molecule has 0 bridgehead atoms. The molecule has 0 amide bonds. The molecule has 1 aliphatic rings. The van der Waals surface area contributed by atoms with Crippen LogP contribution in [0.1, 0.15) is 40.5 Å². The Hall–Kier alpha value is -0.402. The van der Waals surface area contributed by atoms with E-state index in [9.17, 15) is 24.9 Å². The van der Waals surface area contributed by atoms with Crippen LogP contribution in [0.3, 0.4) is 0 Å². The van der Waals surface area contributed by atoms with Crippen LogP contribution in [0.25, 0.3) is 11.5 Å². The van der Waals surface area contributed by atoms with Gasteiger partial charge in [0.05, 0.1) is 6.61 Å². The molecule has 1 rings (SSSR count). The summed E-state index contributed by atoms with van der Waals surface area (Å²) in [5.41, 5.74) is 13.2. The molecule has 0 radical (unpaired) electrons. The smallest absolute Gasteiger partial charge is 0.675 e. The maximum Gasteiger partial charge on any atom is 2.00 e. The first-order chi connectivity index (χ1) is 14.1. The SMILES string of the molecule is CC(C)[NH-].CC(C)[NH-].O=C(O)C(Cl)(CCCOC1O[C@H](CO)[C@@H](O)[C@H](O)[C@@H]1O)C(=O)O.[Pt+2]. The van der Waals surface area contributed by atoms with Gasteiger partial charge >= 0.3 is 33.0 Å². The number of nitrogens with one attached hydrogen (secondary N) is 2. The van der Waals surface area contributed by atoms with Crippen LogP contribution in [0.2, 0.25) is 0 Å². The van der Waals surface area contributed by atoms with Crippen molar-refractivity contribution >= 4 is 23.5 Å². The molecule has 1 aliphatic heterocycles. The topological polar surface area (TPSA) is 222 Å². The van der Waals surface area contributed by atoms with E-state index in [4.69, 9.17) is 47.9 Å². The normalized spacial score (nSPS) is 25.1. The maximum absolute atomic E-state index is 10.9. The molecular weight excluding hydrogens is 635 g/mol. The average molecular weight is 670 g/mol. The van der Waals surface area contributed by atoms with Crippen LogP contribution in [0.15, 0.2) is 0 Å². The summed E-state index contributed by atoms with van der Waals surface area (Å²) in [6.07, 6.45) is -7.75. The van der Waals surface area contributed by atoms with E-state index in [0.717, 1.165) is 0 Å². The van der Waals surface area contributed by atoms with E-state index in [1.807, 2.05) is 27.7 Å². The van der Waals surface area contributed by atoms with Crippen molar-refractivity contribution in [3.63, 3.8) is 0 Å². The van der Waals surface area contributed by atoms with Gasteiger partial charge in [-0.05, 0) is 12.8 Å². The first kappa shape index (κ1) is 36.2. The number of carboxylic acid groups (broad SMARTS) is 2. The predicted octanol–water partition coefficient (Wildman–Crippen LogP) is 0.621. The minimum atomic E-state index is -2.49. The summed E-state index contributed by atoms with van der Waals surface area (Å²) in [4.78, 5) is 19.2. The van der Waals surface area contributed by atoms with E-state index in [-0.39, 0.29) is 46.2 Å². The zero-order valence-corrected chi connectivity index (χ0v) is 21.4. The van der Waals surface area contributed by atoms with Gasteiger partial charge in [0.1, 0.15) is 24.4 Å². The molecule has 0 aromatic carbocycles. The number of aliphatic hydroxyl groups is 4. The van der Waals surface area contributed by atoms with E-state index in [2.05, 4.69) is 0 Å². The third-order valence-corrected chi connectivity index (χ3v) is 3.99. The Morgan fingerprint density at radius 3 is 1.75 bits per heavy atom. The van der Waals surface area contributed by atoms with Crippen molar-refractivity contribution in [3.05, 3.63) is 11.5 Å². The number of hydrogen-bond acceptors (Lipinski definition) is 8. The molecule has 1 heterocycles. The van der Waals surface area contributed by atoms with Gasteiger partial charge in [-0.3, -0.25) is 0 Å². The number of halogens is 1. The Labute approximate surface area is 207 Å². The zero-order valence-electron chi connectivity index (χ0n) is 18.4. The summed E-state index contributed by atoms with van der Waals surface area (Å²) >= 11 is 5.51. The Kier molecular flexibility index (Phi) is 20.3. The number of ether oxygens (including phenoxy) is 2. The number of carboxylic acids is 2. The number of hydrogen-bond donors (Lipinski definition) is 6. The van der Waals surface area contributed by atoms with E-state index in [1.54, 1.807) is 0 Å². The van der Waals surface area contributed by atoms with Crippen LogP contribution in [-0.4, -0.2) is 103 Å². The number of aliphatic carboxylic acids is 2. The van der Waals surface area contributed by atoms with E-state index in [1.165, 1.54) is 0 Å². The van der Waals surface area contributed by atoms with Gasteiger partial charge in [0.15, 0.2) is 6.29 Å². The number of aliphatic hydroxyl groups excluding tert-OH is 4. The maximum atomic E-state index is 10.9. The Morgan fingerprint density at radius 2 is 1.41 bits per heavy atom. The van der Waals surface area contributed by atoms with Gasteiger partial charge in [-0.1, -0.05) is 39.3 Å². The average Bonchev–Trinajstić information content (AvgIpc) is 2.63. The van der Waals surface area contributed by atoms with Crippen LogP contribution in [0.4, 0.5) is 0 Å². The minimum Gasteiger partial charge on any atom is -0.675 e. The van der Waals surface area contributed by atoms with Crippen LogP contribution in [0, 0.1) is 0 Å². The summed E-state index contributed by atoms with van der Waals surface area (Å²) in [6, 6.07) is 0.167. The van der Waals surface area contributed by atoms with Crippen molar-refractivity contribution in [2.75, 3.05) is 13.2 Å². The molecule has 14 heteroatoms. The number of rotatable bonds is 8. The summed E-state index contributed by atoms with van der Waals surface area (Å²) in [7, 11) is 0.